The van der Waals surface area contributed by atoms with Gasteiger partial charge >= 0.3 is 0 Å². The SMILES string of the molecule is CN(CCNC(=O)C1CC(=O)N(Cc2ccco2)C1)c1ccccc1. The zero-order valence-corrected chi connectivity index (χ0v) is 14.4. The van der Waals surface area contributed by atoms with Crippen molar-refractivity contribution in [3.63, 3.8) is 0 Å². The first-order valence-electron chi connectivity index (χ1n) is 8.47. The molecule has 25 heavy (non-hydrogen) atoms. The van der Waals surface area contributed by atoms with E-state index in [2.05, 4.69) is 10.2 Å². The Morgan fingerprint density at radius 2 is 2.08 bits per heavy atom. The van der Waals surface area contributed by atoms with E-state index in [1.807, 2.05) is 43.4 Å². The topological polar surface area (TPSA) is 65.8 Å². The summed E-state index contributed by atoms with van der Waals surface area (Å²) < 4.78 is 5.27. The summed E-state index contributed by atoms with van der Waals surface area (Å²) in [6, 6.07) is 13.6. The predicted octanol–water partition coefficient (Wildman–Crippen LogP) is 1.88. The van der Waals surface area contributed by atoms with Crippen LogP contribution in [0.3, 0.4) is 0 Å². The van der Waals surface area contributed by atoms with Gasteiger partial charge in [-0.3, -0.25) is 9.59 Å². The van der Waals surface area contributed by atoms with Crippen molar-refractivity contribution in [3.05, 3.63) is 54.5 Å². The highest BCUT2D eigenvalue weighted by molar-refractivity contribution is 5.89. The fourth-order valence-electron chi connectivity index (χ4n) is 2.99. The lowest BCUT2D eigenvalue weighted by molar-refractivity contribution is -0.129. The van der Waals surface area contributed by atoms with E-state index in [0.29, 0.717) is 26.2 Å². The van der Waals surface area contributed by atoms with Crippen LogP contribution in [0.15, 0.2) is 53.1 Å². The lowest BCUT2D eigenvalue weighted by Crippen LogP contribution is -2.37. The molecule has 6 nitrogen and oxygen atoms in total. The number of benzene rings is 1. The minimum atomic E-state index is -0.288. The second-order valence-corrected chi connectivity index (χ2v) is 6.30. The Bertz CT molecular complexity index is 700. The van der Waals surface area contributed by atoms with Crippen LogP contribution in [0.1, 0.15) is 12.2 Å². The molecule has 2 heterocycles. The van der Waals surface area contributed by atoms with Crippen LogP contribution in [0.5, 0.6) is 0 Å². The van der Waals surface area contributed by atoms with Gasteiger partial charge in [-0.05, 0) is 24.3 Å². The van der Waals surface area contributed by atoms with Crippen molar-refractivity contribution in [3.8, 4) is 0 Å². The Kier molecular flexibility index (Phi) is 5.38. The summed E-state index contributed by atoms with van der Waals surface area (Å²) in [6.07, 6.45) is 1.85. The third-order valence-electron chi connectivity index (χ3n) is 4.46. The van der Waals surface area contributed by atoms with Crippen LogP contribution < -0.4 is 10.2 Å². The zero-order valence-electron chi connectivity index (χ0n) is 14.4. The summed E-state index contributed by atoms with van der Waals surface area (Å²) in [7, 11) is 1.99. The van der Waals surface area contributed by atoms with E-state index in [1.165, 1.54) is 0 Å². The second kappa shape index (κ2) is 7.88. The molecule has 1 aromatic heterocycles. The minimum absolute atomic E-state index is 0.00189. The van der Waals surface area contributed by atoms with Crippen LogP contribution in [-0.4, -0.2) is 43.4 Å². The molecular weight excluding hydrogens is 318 g/mol. The van der Waals surface area contributed by atoms with Gasteiger partial charge in [-0.25, -0.2) is 0 Å². The number of anilines is 1. The van der Waals surface area contributed by atoms with Crippen LogP contribution in [0, 0.1) is 5.92 Å². The van der Waals surface area contributed by atoms with Crippen molar-refractivity contribution in [1.82, 2.24) is 10.2 Å². The van der Waals surface area contributed by atoms with E-state index in [0.717, 1.165) is 11.4 Å². The molecule has 132 valence electrons. The first-order chi connectivity index (χ1) is 12.1. The monoisotopic (exact) mass is 341 g/mol. The number of carbonyl (C=O) groups is 2. The van der Waals surface area contributed by atoms with Crippen molar-refractivity contribution in [2.75, 3.05) is 31.6 Å². The maximum Gasteiger partial charge on any atom is 0.225 e. The average molecular weight is 341 g/mol. The van der Waals surface area contributed by atoms with Gasteiger partial charge in [-0.15, -0.1) is 0 Å². The molecule has 1 aliphatic heterocycles. The lowest BCUT2D eigenvalue weighted by atomic mass is 10.1. The third kappa shape index (κ3) is 4.41. The van der Waals surface area contributed by atoms with Gasteiger partial charge in [-0.1, -0.05) is 18.2 Å². The molecular formula is C19H23N3O3. The van der Waals surface area contributed by atoms with Crippen molar-refractivity contribution in [2.45, 2.75) is 13.0 Å². The van der Waals surface area contributed by atoms with Crippen LogP contribution in [0.25, 0.3) is 0 Å². The molecule has 1 saturated heterocycles. The number of rotatable bonds is 7. The Labute approximate surface area is 147 Å². The molecule has 0 bridgehead atoms. The van der Waals surface area contributed by atoms with Gasteiger partial charge in [0.25, 0.3) is 0 Å². The van der Waals surface area contributed by atoms with E-state index in [4.69, 9.17) is 4.42 Å². The summed E-state index contributed by atoms with van der Waals surface area (Å²) in [5.74, 6) is 0.387. The normalized spacial score (nSPS) is 16.9. The van der Waals surface area contributed by atoms with Crippen LogP contribution >= 0.6 is 0 Å². The number of furan rings is 1. The van der Waals surface area contributed by atoms with E-state index in [-0.39, 0.29) is 24.2 Å². The van der Waals surface area contributed by atoms with Crippen LogP contribution in [0.2, 0.25) is 0 Å². The van der Waals surface area contributed by atoms with Crippen molar-refractivity contribution in [2.24, 2.45) is 5.92 Å². The van der Waals surface area contributed by atoms with Gasteiger partial charge in [-0.2, -0.15) is 0 Å². The summed E-state index contributed by atoms with van der Waals surface area (Å²) >= 11 is 0. The molecule has 2 amide bonds. The maximum absolute atomic E-state index is 12.3. The van der Waals surface area contributed by atoms with Gasteiger partial charge in [0, 0.05) is 38.8 Å². The molecule has 1 atom stereocenters. The molecule has 1 aromatic carbocycles. The summed E-state index contributed by atoms with van der Waals surface area (Å²) in [6.45, 7) is 2.13. The maximum atomic E-state index is 12.3. The first kappa shape index (κ1) is 17.1. The average Bonchev–Trinajstić information content (AvgIpc) is 3.26. The van der Waals surface area contributed by atoms with E-state index >= 15 is 0 Å². The van der Waals surface area contributed by atoms with E-state index in [9.17, 15) is 9.59 Å². The van der Waals surface area contributed by atoms with Crippen molar-refractivity contribution < 1.29 is 14.0 Å². The molecule has 0 saturated carbocycles. The zero-order chi connectivity index (χ0) is 17.6. The number of hydrogen-bond donors (Lipinski definition) is 1. The number of likely N-dealkylation sites (N-methyl/N-ethyl adjacent to an activating group) is 1. The van der Waals surface area contributed by atoms with Crippen LogP contribution in [-0.2, 0) is 16.1 Å². The molecule has 0 aliphatic carbocycles. The Morgan fingerprint density at radius 3 is 2.80 bits per heavy atom. The van der Waals surface area contributed by atoms with Gasteiger partial charge < -0.3 is 19.5 Å². The Balaban J connectivity index is 1.43. The fourth-order valence-corrected chi connectivity index (χ4v) is 2.99. The van der Waals surface area contributed by atoms with Gasteiger partial charge in [0.15, 0.2) is 0 Å². The molecule has 2 aromatic rings. The largest absolute Gasteiger partial charge is 0.467 e. The highest BCUT2D eigenvalue weighted by Gasteiger charge is 2.34. The van der Waals surface area contributed by atoms with Gasteiger partial charge in [0.2, 0.25) is 11.8 Å². The summed E-state index contributed by atoms with van der Waals surface area (Å²) in [5.41, 5.74) is 1.11. The fraction of sp³-hybridized carbons (Fsp3) is 0.368. The second-order valence-electron chi connectivity index (χ2n) is 6.30. The molecule has 1 aliphatic rings. The van der Waals surface area contributed by atoms with Crippen LogP contribution in [0.4, 0.5) is 5.69 Å². The molecule has 1 unspecified atom stereocenters. The Morgan fingerprint density at radius 1 is 1.28 bits per heavy atom. The van der Waals surface area contributed by atoms with E-state index < -0.39 is 0 Å². The summed E-state index contributed by atoms with van der Waals surface area (Å²) in [5, 5.41) is 2.94. The highest BCUT2D eigenvalue weighted by Crippen LogP contribution is 2.20. The van der Waals surface area contributed by atoms with Gasteiger partial charge in [0.1, 0.15) is 5.76 Å². The number of carbonyl (C=O) groups excluding carboxylic acids is 2. The molecule has 1 N–H and O–H groups in total. The van der Waals surface area contributed by atoms with Crippen molar-refractivity contribution >= 4 is 17.5 Å². The highest BCUT2D eigenvalue weighted by atomic mass is 16.3. The molecule has 1 fully saturated rings. The standard InChI is InChI=1S/C19H23N3O3/c1-21(16-6-3-2-4-7-16)10-9-20-19(24)15-12-18(23)22(13-15)14-17-8-5-11-25-17/h2-8,11,15H,9-10,12-14H2,1H3,(H,20,24). The number of likely N-dealkylation sites (tertiary alicyclic amines) is 1. The Hall–Kier alpha value is -2.76. The molecule has 6 heteroatoms. The third-order valence-corrected chi connectivity index (χ3v) is 4.46. The number of amides is 2. The lowest BCUT2D eigenvalue weighted by Gasteiger charge is -2.20. The minimum Gasteiger partial charge on any atom is -0.467 e. The summed E-state index contributed by atoms with van der Waals surface area (Å²) in [4.78, 5) is 28.2. The molecule has 3 rings (SSSR count). The number of para-hydroxylation sites is 1. The molecule has 0 radical (unpaired) electrons. The predicted molar refractivity (Wildman–Crippen MR) is 95.0 cm³/mol. The number of nitrogens with one attached hydrogen (secondary N) is 1. The number of hydrogen-bond acceptors (Lipinski definition) is 4. The van der Waals surface area contributed by atoms with Gasteiger partial charge in [0.05, 0.1) is 18.7 Å². The van der Waals surface area contributed by atoms with Crippen molar-refractivity contribution in [1.29, 1.82) is 0 Å². The first-order valence-corrected chi connectivity index (χ1v) is 8.47. The smallest absolute Gasteiger partial charge is 0.225 e. The quantitative estimate of drug-likeness (QED) is 0.835. The van der Waals surface area contributed by atoms with E-state index in [1.54, 1.807) is 17.2 Å². The molecule has 0 spiro atoms. The number of nitrogens with zero attached hydrogens (tertiary/aromatic N) is 2.